The van der Waals surface area contributed by atoms with Gasteiger partial charge in [-0.25, -0.2) is 14.8 Å². The Morgan fingerprint density at radius 2 is 1.96 bits per heavy atom. The largest absolute Gasteiger partial charge is 0.454 e. The van der Waals surface area contributed by atoms with E-state index in [4.69, 9.17) is 14.2 Å². The number of ether oxygens (including phenoxy) is 3. The van der Waals surface area contributed by atoms with Crippen molar-refractivity contribution in [2.24, 2.45) is 0 Å². The Morgan fingerprint density at radius 1 is 1.15 bits per heavy atom. The molecular weight excluding hydrogens is 350 g/mol. The third-order valence-corrected chi connectivity index (χ3v) is 4.26. The maximum atomic E-state index is 12.2. The number of benzene rings is 1. The van der Waals surface area contributed by atoms with Crippen LogP contribution in [0.15, 0.2) is 24.3 Å². The van der Waals surface area contributed by atoms with Crippen LogP contribution >= 0.6 is 0 Å². The minimum Gasteiger partial charge on any atom is -0.454 e. The molecule has 0 unspecified atom stereocenters. The van der Waals surface area contributed by atoms with Crippen molar-refractivity contribution in [3.05, 3.63) is 35.8 Å². The van der Waals surface area contributed by atoms with E-state index in [1.807, 2.05) is 13.0 Å². The van der Waals surface area contributed by atoms with Gasteiger partial charge in [-0.1, -0.05) is 0 Å². The summed E-state index contributed by atoms with van der Waals surface area (Å²) >= 11 is 0. The molecule has 1 aromatic heterocycles. The summed E-state index contributed by atoms with van der Waals surface area (Å²) in [6, 6.07) is 6.85. The Kier molecular flexibility index (Phi) is 4.93. The molecule has 1 fully saturated rings. The molecule has 27 heavy (non-hydrogen) atoms. The molecular formula is C18H21N5O4. The molecule has 2 aromatic rings. The molecule has 0 saturated carbocycles. The lowest BCUT2D eigenvalue weighted by Crippen LogP contribution is -2.37. The number of urea groups is 1. The van der Waals surface area contributed by atoms with Gasteiger partial charge in [0, 0.05) is 36.6 Å². The maximum absolute atomic E-state index is 12.2. The van der Waals surface area contributed by atoms with E-state index in [2.05, 4.69) is 25.5 Å². The second-order valence-corrected chi connectivity index (χ2v) is 6.26. The lowest BCUT2D eigenvalue weighted by Gasteiger charge is -2.28. The zero-order chi connectivity index (χ0) is 18.6. The molecule has 0 spiro atoms. The van der Waals surface area contributed by atoms with Crippen LogP contribution in [0.5, 0.6) is 11.5 Å². The summed E-state index contributed by atoms with van der Waals surface area (Å²) in [5.74, 6) is 2.71. The molecule has 0 aliphatic carbocycles. The lowest BCUT2D eigenvalue weighted by atomic mass is 10.3. The number of aromatic nitrogens is 2. The van der Waals surface area contributed by atoms with Gasteiger partial charge >= 0.3 is 6.03 Å². The molecule has 2 aliphatic rings. The van der Waals surface area contributed by atoms with Crippen LogP contribution in [0.2, 0.25) is 0 Å². The number of nitrogens with one attached hydrogen (secondary N) is 2. The highest BCUT2D eigenvalue weighted by atomic mass is 16.7. The van der Waals surface area contributed by atoms with Crippen molar-refractivity contribution in [2.75, 3.05) is 43.3 Å². The maximum Gasteiger partial charge on any atom is 0.319 e. The van der Waals surface area contributed by atoms with Crippen molar-refractivity contribution in [1.29, 1.82) is 0 Å². The molecule has 2 aliphatic heterocycles. The van der Waals surface area contributed by atoms with Crippen molar-refractivity contribution < 1.29 is 19.0 Å². The van der Waals surface area contributed by atoms with Gasteiger partial charge in [-0.15, -0.1) is 0 Å². The number of fused-ring (bicyclic) bond motifs is 1. The summed E-state index contributed by atoms with van der Waals surface area (Å²) < 4.78 is 15.9. The number of rotatable bonds is 4. The SMILES string of the molecule is Cc1cc(N2CCOCC2)nc(CNC(=O)Nc2ccc3c(c2)OCO3)n1. The van der Waals surface area contributed by atoms with E-state index in [0.29, 0.717) is 36.2 Å². The molecule has 2 N–H and O–H groups in total. The third-order valence-electron chi connectivity index (χ3n) is 4.26. The van der Waals surface area contributed by atoms with Crippen LogP contribution in [-0.4, -0.2) is 49.1 Å². The molecule has 1 saturated heterocycles. The fourth-order valence-electron chi connectivity index (χ4n) is 2.95. The van der Waals surface area contributed by atoms with Crippen LogP contribution in [0.1, 0.15) is 11.5 Å². The van der Waals surface area contributed by atoms with Crippen molar-refractivity contribution in [2.45, 2.75) is 13.5 Å². The summed E-state index contributed by atoms with van der Waals surface area (Å²) in [5.41, 5.74) is 1.48. The zero-order valence-electron chi connectivity index (χ0n) is 15.0. The van der Waals surface area contributed by atoms with Crippen molar-refractivity contribution in [1.82, 2.24) is 15.3 Å². The Labute approximate surface area is 156 Å². The number of nitrogens with zero attached hydrogens (tertiary/aromatic N) is 3. The normalized spacial score (nSPS) is 15.5. The number of hydrogen-bond donors (Lipinski definition) is 2. The standard InChI is InChI=1S/C18H21N5O4/c1-12-8-17(23-4-6-25-7-5-23)22-16(20-12)10-19-18(24)21-13-2-3-14-15(9-13)27-11-26-14/h2-3,8-9H,4-7,10-11H2,1H3,(H2,19,21,24). The average Bonchev–Trinajstić information content (AvgIpc) is 3.14. The average molecular weight is 371 g/mol. The summed E-state index contributed by atoms with van der Waals surface area (Å²) in [6.07, 6.45) is 0. The number of aryl methyl sites for hydroxylation is 1. The van der Waals surface area contributed by atoms with Crippen LogP contribution in [0.25, 0.3) is 0 Å². The molecule has 142 valence electrons. The fourth-order valence-corrected chi connectivity index (χ4v) is 2.95. The van der Waals surface area contributed by atoms with E-state index in [0.717, 1.165) is 24.6 Å². The summed E-state index contributed by atoms with van der Waals surface area (Å²) in [5, 5.41) is 5.55. The van der Waals surface area contributed by atoms with E-state index in [1.54, 1.807) is 18.2 Å². The number of amides is 2. The zero-order valence-corrected chi connectivity index (χ0v) is 15.0. The first-order valence-corrected chi connectivity index (χ1v) is 8.79. The predicted octanol–water partition coefficient (Wildman–Crippen LogP) is 1.67. The van der Waals surface area contributed by atoms with Gasteiger partial charge in [0.15, 0.2) is 11.5 Å². The summed E-state index contributed by atoms with van der Waals surface area (Å²) in [6.45, 7) is 5.32. The van der Waals surface area contributed by atoms with Gasteiger partial charge in [0.2, 0.25) is 6.79 Å². The van der Waals surface area contributed by atoms with Gasteiger partial charge in [0.05, 0.1) is 19.8 Å². The highest BCUT2D eigenvalue weighted by molar-refractivity contribution is 5.89. The second-order valence-electron chi connectivity index (χ2n) is 6.26. The molecule has 4 rings (SSSR count). The van der Waals surface area contributed by atoms with Crippen LogP contribution in [0.4, 0.5) is 16.3 Å². The van der Waals surface area contributed by atoms with Crippen molar-refractivity contribution >= 4 is 17.5 Å². The van der Waals surface area contributed by atoms with Crippen LogP contribution in [-0.2, 0) is 11.3 Å². The first-order chi connectivity index (χ1) is 13.2. The summed E-state index contributed by atoms with van der Waals surface area (Å²) in [4.78, 5) is 23.3. The topological polar surface area (TPSA) is 97.8 Å². The Morgan fingerprint density at radius 3 is 2.81 bits per heavy atom. The van der Waals surface area contributed by atoms with Gasteiger partial charge in [-0.3, -0.25) is 0 Å². The molecule has 3 heterocycles. The van der Waals surface area contributed by atoms with E-state index in [9.17, 15) is 4.79 Å². The van der Waals surface area contributed by atoms with Gasteiger partial charge < -0.3 is 29.7 Å². The Bertz CT molecular complexity index is 838. The molecule has 0 atom stereocenters. The van der Waals surface area contributed by atoms with Gasteiger partial charge in [0.1, 0.15) is 11.6 Å². The van der Waals surface area contributed by atoms with Crippen LogP contribution in [0, 0.1) is 6.92 Å². The second kappa shape index (κ2) is 7.67. The minimum absolute atomic E-state index is 0.196. The van der Waals surface area contributed by atoms with E-state index < -0.39 is 0 Å². The van der Waals surface area contributed by atoms with E-state index in [1.165, 1.54) is 0 Å². The van der Waals surface area contributed by atoms with Gasteiger partial charge in [-0.2, -0.15) is 0 Å². The molecule has 1 aromatic carbocycles. The number of morpholine rings is 1. The van der Waals surface area contributed by atoms with Gasteiger partial charge in [0.25, 0.3) is 0 Å². The number of hydrogen-bond acceptors (Lipinski definition) is 7. The number of carbonyl (C=O) groups is 1. The molecule has 2 amide bonds. The molecule has 9 nitrogen and oxygen atoms in total. The number of anilines is 2. The van der Waals surface area contributed by atoms with Gasteiger partial charge in [-0.05, 0) is 19.1 Å². The predicted molar refractivity (Wildman–Crippen MR) is 98.2 cm³/mol. The summed E-state index contributed by atoms with van der Waals surface area (Å²) in [7, 11) is 0. The van der Waals surface area contributed by atoms with Crippen molar-refractivity contribution in [3.63, 3.8) is 0 Å². The Hall–Kier alpha value is -3.07. The quantitative estimate of drug-likeness (QED) is 0.844. The monoisotopic (exact) mass is 371 g/mol. The fraction of sp³-hybridized carbons (Fsp3) is 0.389. The first kappa shape index (κ1) is 17.3. The highest BCUT2D eigenvalue weighted by Crippen LogP contribution is 2.34. The first-order valence-electron chi connectivity index (χ1n) is 8.79. The highest BCUT2D eigenvalue weighted by Gasteiger charge is 2.16. The minimum atomic E-state index is -0.341. The Balaban J connectivity index is 1.36. The lowest BCUT2D eigenvalue weighted by molar-refractivity contribution is 0.122. The molecule has 0 radical (unpaired) electrons. The van der Waals surface area contributed by atoms with Crippen LogP contribution < -0.4 is 25.0 Å². The third kappa shape index (κ3) is 4.20. The van der Waals surface area contributed by atoms with Crippen molar-refractivity contribution in [3.8, 4) is 11.5 Å². The number of carbonyl (C=O) groups excluding carboxylic acids is 1. The van der Waals surface area contributed by atoms with E-state index >= 15 is 0 Å². The smallest absolute Gasteiger partial charge is 0.319 e. The van der Waals surface area contributed by atoms with Crippen LogP contribution in [0.3, 0.4) is 0 Å². The molecule has 9 heteroatoms. The molecule has 0 bridgehead atoms. The van der Waals surface area contributed by atoms with E-state index in [-0.39, 0.29) is 19.4 Å².